The van der Waals surface area contributed by atoms with Gasteiger partial charge in [-0.2, -0.15) is 0 Å². The maximum absolute atomic E-state index is 14.4. The third-order valence-corrected chi connectivity index (χ3v) is 4.52. The Kier molecular flexibility index (Phi) is 6.65. The van der Waals surface area contributed by atoms with Gasteiger partial charge in [0.2, 0.25) is 0 Å². The van der Waals surface area contributed by atoms with Crippen LogP contribution in [0, 0.1) is 24.4 Å². The van der Waals surface area contributed by atoms with Gasteiger partial charge in [0, 0.05) is 18.5 Å². The van der Waals surface area contributed by atoms with Crippen LogP contribution in [0.25, 0.3) is 11.4 Å². The molecule has 0 saturated carbocycles. The average molecular weight is 398 g/mol. The zero-order valence-corrected chi connectivity index (χ0v) is 16.1. The second kappa shape index (κ2) is 9.37. The molecule has 0 aliphatic rings. The van der Waals surface area contributed by atoms with Crippen molar-refractivity contribution in [2.45, 2.75) is 26.2 Å². The minimum absolute atomic E-state index is 0.247. The van der Waals surface area contributed by atoms with Gasteiger partial charge >= 0.3 is 0 Å². The topological polar surface area (TPSA) is 35.0 Å². The number of ether oxygens (including phenoxy) is 1. The van der Waals surface area contributed by atoms with E-state index >= 15 is 0 Å². The Labute approximate surface area is 167 Å². The molecule has 29 heavy (non-hydrogen) atoms. The number of aromatic nitrogens is 2. The van der Waals surface area contributed by atoms with Crippen LogP contribution in [0.2, 0.25) is 0 Å². The van der Waals surface area contributed by atoms with Crippen LogP contribution in [0.3, 0.4) is 0 Å². The number of aryl methyl sites for hydroxylation is 3. The van der Waals surface area contributed by atoms with Gasteiger partial charge in [-0.1, -0.05) is 18.2 Å². The van der Waals surface area contributed by atoms with Gasteiger partial charge in [0.15, 0.2) is 17.5 Å². The third kappa shape index (κ3) is 5.02. The van der Waals surface area contributed by atoms with Crippen LogP contribution < -0.4 is 4.74 Å². The summed E-state index contributed by atoms with van der Waals surface area (Å²) in [6, 6.07) is 7.66. The van der Waals surface area contributed by atoms with Crippen LogP contribution in [-0.4, -0.2) is 16.6 Å². The SMILES string of the molecule is C=CCCOc1ccc(-c2ncc(CCc3ccc(C)c(F)c3F)cn2)c(F)c1. The van der Waals surface area contributed by atoms with Crippen molar-refractivity contribution in [3.8, 4) is 17.1 Å². The highest BCUT2D eigenvalue weighted by molar-refractivity contribution is 5.57. The maximum Gasteiger partial charge on any atom is 0.162 e. The molecule has 150 valence electrons. The van der Waals surface area contributed by atoms with Crippen LogP contribution in [0.5, 0.6) is 5.75 Å². The van der Waals surface area contributed by atoms with Crippen LogP contribution in [0.1, 0.15) is 23.1 Å². The lowest BCUT2D eigenvalue weighted by atomic mass is 10.0. The molecule has 0 amide bonds. The first-order valence-electron chi connectivity index (χ1n) is 9.27. The molecule has 3 nitrogen and oxygen atoms in total. The summed E-state index contributed by atoms with van der Waals surface area (Å²) < 4.78 is 47.4. The Hall–Kier alpha value is -3.15. The van der Waals surface area contributed by atoms with Crippen molar-refractivity contribution < 1.29 is 17.9 Å². The largest absolute Gasteiger partial charge is 0.493 e. The lowest BCUT2D eigenvalue weighted by Gasteiger charge is -2.08. The van der Waals surface area contributed by atoms with E-state index in [4.69, 9.17) is 4.74 Å². The molecule has 0 bridgehead atoms. The molecule has 0 fully saturated rings. The zero-order valence-electron chi connectivity index (χ0n) is 16.1. The van der Waals surface area contributed by atoms with E-state index in [-0.39, 0.29) is 17.0 Å². The van der Waals surface area contributed by atoms with Gasteiger partial charge in [-0.15, -0.1) is 6.58 Å². The van der Waals surface area contributed by atoms with E-state index in [2.05, 4.69) is 16.5 Å². The first-order valence-corrected chi connectivity index (χ1v) is 9.27. The lowest BCUT2D eigenvalue weighted by molar-refractivity contribution is 0.323. The Morgan fingerprint density at radius 3 is 2.45 bits per heavy atom. The van der Waals surface area contributed by atoms with Gasteiger partial charge in [-0.25, -0.2) is 23.1 Å². The lowest BCUT2D eigenvalue weighted by Crippen LogP contribution is -2.01. The minimum atomic E-state index is -0.819. The highest BCUT2D eigenvalue weighted by atomic mass is 19.2. The first kappa shape index (κ1) is 20.6. The Morgan fingerprint density at radius 2 is 1.76 bits per heavy atom. The fourth-order valence-electron chi connectivity index (χ4n) is 2.81. The van der Waals surface area contributed by atoms with Crippen LogP contribution in [-0.2, 0) is 12.8 Å². The number of hydrogen-bond acceptors (Lipinski definition) is 3. The molecule has 0 atom stereocenters. The van der Waals surface area contributed by atoms with Crippen molar-refractivity contribution in [1.82, 2.24) is 9.97 Å². The summed E-state index contributed by atoms with van der Waals surface area (Å²) in [6.07, 6.45) is 6.30. The summed E-state index contributed by atoms with van der Waals surface area (Å²) in [6.45, 7) is 5.56. The summed E-state index contributed by atoms with van der Waals surface area (Å²) >= 11 is 0. The molecule has 0 saturated heterocycles. The summed E-state index contributed by atoms with van der Waals surface area (Å²) in [7, 11) is 0. The van der Waals surface area contributed by atoms with Crippen molar-refractivity contribution in [3.05, 3.63) is 89.5 Å². The highest BCUT2D eigenvalue weighted by Crippen LogP contribution is 2.24. The molecule has 0 radical (unpaired) electrons. The van der Waals surface area contributed by atoms with Gasteiger partial charge in [0.25, 0.3) is 0 Å². The average Bonchev–Trinajstić information content (AvgIpc) is 2.72. The van der Waals surface area contributed by atoms with Crippen LogP contribution in [0.15, 0.2) is 55.4 Å². The quantitative estimate of drug-likeness (QED) is 0.365. The second-order valence-corrected chi connectivity index (χ2v) is 6.65. The zero-order chi connectivity index (χ0) is 20.8. The molecule has 0 spiro atoms. The monoisotopic (exact) mass is 398 g/mol. The smallest absolute Gasteiger partial charge is 0.162 e. The highest BCUT2D eigenvalue weighted by Gasteiger charge is 2.12. The van der Waals surface area contributed by atoms with Crippen molar-refractivity contribution in [2.24, 2.45) is 0 Å². The predicted octanol–water partition coefficient (Wildman–Crippen LogP) is 5.61. The Bertz CT molecular complexity index is 1000. The number of nitrogens with zero attached hydrogens (tertiary/aromatic N) is 2. The van der Waals surface area contributed by atoms with Crippen molar-refractivity contribution in [1.29, 1.82) is 0 Å². The van der Waals surface area contributed by atoms with E-state index < -0.39 is 17.5 Å². The predicted molar refractivity (Wildman–Crippen MR) is 106 cm³/mol. The molecular formula is C23H21F3N2O. The van der Waals surface area contributed by atoms with Crippen LogP contribution >= 0.6 is 0 Å². The number of rotatable bonds is 8. The number of hydrogen-bond donors (Lipinski definition) is 0. The van der Waals surface area contributed by atoms with Crippen molar-refractivity contribution in [3.63, 3.8) is 0 Å². The molecule has 0 unspecified atom stereocenters. The van der Waals surface area contributed by atoms with Gasteiger partial charge in [0.1, 0.15) is 11.6 Å². The van der Waals surface area contributed by atoms with Crippen LogP contribution in [0.4, 0.5) is 13.2 Å². The molecule has 6 heteroatoms. The maximum atomic E-state index is 14.4. The molecule has 1 aromatic heterocycles. The molecule has 0 aliphatic heterocycles. The fourth-order valence-corrected chi connectivity index (χ4v) is 2.81. The normalized spacial score (nSPS) is 10.8. The second-order valence-electron chi connectivity index (χ2n) is 6.65. The summed E-state index contributed by atoms with van der Waals surface area (Å²) in [4.78, 5) is 8.42. The van der Waals surface area contributed by atoms with E-state index in [1.54, 1.807) is 42.7 Å². The van der Waals surface area contributed by atoms with E-state index in [1.807, 2.05) is 0 Å². The molecule has 3 aromatic rings. The van der Waals surface area contributed by atoms with E-state index in [0.717, 1.165) is 5.56 Å². The molecule has 0 N–H and O–H groups in total. The Morgan fingerprint density at radius 1 is 1.00 bits per heavy atom. The van der Waals surface area contributed by atoms with Gasteiger partial charge in [-0.05, 0) is 55.0 Å². The molecule has 1 heterocycles. The van der Waals surface area contributed by atoms with E-state index in [9.17, 15) is 13.2 Å². The van der Waals surface area contributed by atoms with Crippen molar-refractivity contribution >= 4 is 0 Å². The molecule has 0 aliphatic carbocycles. The summed E-state index contributed by atoms with van der Waals surface area (Å²) in [5.41, 5.74) is 1.59. The van der Waals surface area contributed by atoms with Gasteiger partial charge in [0.05, 0.1) is 12.2 Å². The van der Waals surface area contributed by atoms with Gasteiger partial charge in [-0.3, -0.25) is 0 Å². The first-order chi connectivity index (χ1) is 14.0. The molecule has 2 aromatic carbocycles. The molecule has 3 rings (SSSR count). The van der Waals surface area contributed by atoms with Crippen molar-refractivity contribution in [2.75, 3.05) is 6.61 Å². The fraction of sp³-hybridized carbons (Fsp3) is 0.217. The molecular weight excluding hydrogens is 377 g/mol. The summed E-state index contributed by atoms with van der Waals surface area (Å²) in [5.74, 6) is -1.44. The summed E-state index contributed by atoms with van der Waals surface area (Å²) in [5, 5.41) is 0. The minimum Gasteiger partial charge on any atom is -0.493 e. The Balaban J connectivity index is 1.67. The number of halogens is 3. The third-order valence-electron chi connectivity index (χ3n) is 4.52. The number of benzene rings is 2. The van der Waals surface area contributed by atoms with E-state index in [0.29, 0.717) is 37.2 Å². The standard InChI is InChI=1S/C23H21F3N2O/c1-3-4-11-29-18-9-10-19(20(24)12-18)23-27-13-16(14-28-23)6-8-17-7-5-15(2)21(25)22(17)26/h3,5,7,9-10,12-14H,1,4,6,8,11H2,2H3. The van der Waals surface area contributed by atoms with E-state index in [1.165, 1.54) is 13.0 Å². The van der Waals surface area contributed by atoms with Gasteiger partial charge < -0.3 is 4.74 Å².